The average molecular weight is 261 g/mol. The van der Waals surface area contributed by atoms with Crippen LogP contribution in [0.4, 0.5) is 5.69 Å². The van der Waals surface area contributed by atoms with Gasteiger partial charge in [0.2, 0.25) is 11.8 Å². The van der Waals surface area contributed by atoms with Crippen molar-refractivity contribution in [1.82, 2.24) is 5.32 Å². The highest BCUT2D eigenvalue weighted by molar-refractivity contribution is 5.96. The molecular formula is C14H19N3O2. The van der Waals surface area contributed by atoms with Crippen LogP contribution in [0.25, 0.3) is 0 Å². The Balaban J connectivity index is 2.09. The van der Waals surface area contributed by atoms with Crippen LogP contribution in [0.3, 0.4) is 0 Å². The average Bonchev–Trinajstić information content (AvgIpc) is 2.41. The second kappa shape index (κ2) is 5.84. The number of hydrogen-bond acceptors (Lipinski definition) is 3. The van der Waals surface area contributed by atoms with Crippen LogP contribution < -0.4 is 16.0 Å². The lowest BCUT2D eigenvalue weighted by Crippen LogP contribution is -2.32. The Morgan fingerprint density at radius 1 is 1.42 bits per heavy atom. The SMILES string of the molecule is CN1C(=O)CCc2cc(CC(=O)NCCN)ccc21. The number of nitrogens with zero attached hydrogens (tertiary/aromatic N) is 1. The van der Waals surface area contributed by atoms with Crippen molar-refractivity contribution in [3.8, 4) is 0 Å². The monoisotopic (exact) mass is 261 g/mol. The maximum atomic E-state index is 11.6. The number of benzene rings is 1. The maximum Gasteiger partial charge on any atom is 0.227 e. The summed E-state index contributed by atoms with van der Waals surface area (Å²) in [4.78, 5) is 24.9. The van der Waals surface area contributed by atoms with Crippen LogP contribution in [0.5, 0.6) is 0 Å². The minimum Gasteiger partial charge on any atom is -0.355 e. The van der Waals surface area contributed by atoms with Crippen molar-refractivity contribution >= 4 is 17.5 Å². The molecule has 0 radical (unpaired) electrons. The summed E-state index contributed by atoms with van der Waals surface area (Å²) in [6.45, 7) is 0.948. The fourth-order valence-corrected chi connectivity index (χ4v) is 2.28. The second-order valence-corrected chi connectivity index (χ2v) is 4.73. The molecule has 19 heavy (non-hydrogen) atoms. The Hall–Kier alpha value is -1.88. The third-order valence-electron chi connectivity index (χ3n) is 3.32. The first-order valence-electron chi connectivity index (χ1n) is 6.47. The predicted octanol–water partition coefficient (Wildman–Crippen LogP) is 0.213. The van der Waals surface area contributed by atoms with Crippen molar-refractivity contribution in [3.05, 3.63) is 29.3 Å². The number of aryl methyl sites for hydroxylation is 1. The lowest BCUT2D eigenvalue weighted by molar-refractivity contribution is -0.120. The number of hydrogen-bond donors (Lipinski definition) is 2. The zero-order valence-electron chi connectivity index (χ0n) is 11.1. The molecule has 1 aromatic carbocycles. The van der Waals surface area contributed by atoms with Crippen molar-refractivity contribution in [2.45, 2.75) is 19.3 Å². The van der Waals surface area contributed by atoms with Gasteiger partial charge in [0.15, 0.2) is 0 Å². The highest BCUT2D eigenvalue weighted by atomic mass is 16.2. The zero-order chi connectivity index (χ0) is 13.8. The Labute approximate surface area is 112 Å². The lowest BCUT2D eigenvalue weighted by atomic mass is 9.98. The summed E-state index contributed by atoms with van der Waals surface area (Å²) in [5, 5.41) is 2.75. The van der Waals surface area contributed by atoms with Crippen molar-refractivity contribution in [2.75, 3.05) is 25.0 Å². The molecule has 5 nitrogen and oxygen atoms in total. The van der Waals surface area contributed by atoms with Gasteiger partial charge in [-0.15, -0.1) is 0 Å². The van der Waals surface area contributed by atoms with Crippen LogP contribution in [0.2, 0.25) is 0 Å². The second-order valence-electron chi connectivity index (χ2n) is 4.73. The van der Waals surface area contributed by atoms with E-state index in [1.165, 1.54) is 0 Å². The largest absolute Gasteiger partial charge is 0.355 e. The topological polar surface area (TPSA) is 75.4 Å². The van der Waals surface area contributed by atoms with E-state index in [-0.39, 0.29) is 11.8 Å². The van der Waals surface area contributed by atoms with Crippen molar-refractivity contribution in [1.29, 1.82) is 0 Å². The molecule has 102 valence electrons. The summed E-state index contributed by atoms with van der Waals surface area (Å²) in [6.07, 6.45) is 1.63. The molecule has 1 aliphatic rings. The van der Waals surface area contributed by atoms with Gasteiger partial charge in [-0.2, -0.15) is 0 Å². The number of fused-ring (bicyclic) bond motifs is 1. The van der Waals surface area contributed by atoms with Gasteiger partial charge < -0.3 is 16.0 Å². The van der Waals surface area contributed by atoms with Gasteiger partial charge in [0.1, 0.15) is 0 Å². The van der Waals surface area contributed by atoms with Crippen molar-refractivity contribution < 1.29 is 9.59 Å². The summed E-state index contributed by atoms with van der Waals surface area (Å²) >= 11 is 0. The molecule has 0 aromatic heterocycles. The number of carbonyl (C=O) groups is 2. The zero-order valence-corrected chi connectivity index (χ0v) is 11.1. The first-order chi connectivity index (χ1) is 9.11. The molecule has 1 aliphatic heterocycles. The summed E-state index contributed by atoms with van der Waals surface area (Å²) in [5.74, 6) is 0.117. The van der Waals surface area contributed by atoms with Crippen LogP contribution in [0, 0.1) is 0 Å². The van der Waals surface area contributed by atoms with E-state index in [0.717, 1.165) is 23.2 Å². The number of rotatable bonds is 4. The molecule has 0 spiro atoms. The molecule has 0 unspecified atom stereocenters. The fraction of sp³-hybridized carbons (Fsp3) is 0.429. The van der Waals surface area contributed by atoms with Crippen LogP contribution in [-0.2, 0) is 22.4 Å². The molecule has 3 N–H and O–H groups in total. The first-order valence-corrected chi connectivity index (χ1v) is 6.47. The number of carbonyl (C=O) groups excluding carboxylic acids is 2. The summed E-state index contributed by atoms with van der Waals surface area (Å²) in [7, 11) is 1.79. The predicted molar refractivity (Wildman–Crippen MR) is 73.9 cm³/mol. The quantitative estimate of drug-likeness (QED) is 0.813. The number of amides is 2. The molecule has 0 saturated carbocycles. The van der Waals surface area contributed by atoms with E-state index in [0.29, 0.717) is 25.9 Å². The molecule has 0 aliphatic carbocycles. The molecule has 2 rings (SSSR count). The van der Waals surface area contributed by atoms with E-state index in [1.54, 1.807) is 11.9 Å². The smallest absolute Gasteiger partial charge is 0.227 e. The van der Waals surface area contributed by atoms with Gasteiger partial charge >= 0.3 is 0 Å². The Morgan fingerprint density at radius 3 is 2.95 bits per heavy atom. The Morgan fingerprint density at radius 2 is 2.21 bits per heavy atom. The van der Waals surface area contributed by atoms with E-state index >= 15 is 0 Å². The van der Waals surface area contributed by atoms with Crippen molar-refractivity contribution in [3.63, 3.8) is 0 Å². The van der Waals surface area contributed by atoms with Gasteiger partial charge in [-0.3, -0.25) is 9.59 Å². The van der Waals surface area contributed by atoms with E-state index < -0.39 is 0 Å². The number of anilines is 1. The molecule has 0 saturated heterocycles. The fourth-order valence-electron chi connectivity index (χ4n) is 2.28. The first kappa shape index (κ1) is 13.5. The number of nitrogens with one attached hydrogen (secondary N) is 1. The van der Waals surface area contributed by atoms with E-state index in [9.17, 15) is 9.59 Å². The summed E-state index contributed by atoms with van der Waals surface area (Å²) in [6, 6.07) is 5.83. The lowest BCUT2D eigenvalue weighted by Gasteiger charge is -2.26. The van der Waals surface area contributed by atoms with Crippen molar-refractivity contribution in [2.24, 2.45) is 5.73 Å². The van der Waals surface area contributed by atoms with Crippen LogP contribution in [0.1, 0.15) is 17.5 Å². The summed E-state index contributed by atoms with van der Waals surface area (Å²) < 4.78 is 0. The third-order valence-corrected chi connectivity index (χ3v) is 3.32. The van der Waals surface area contributed by atoms with Crippen LogP contribution in [0.15, 0.2) is 18.2 Å². The molecule has 5 heteroatoms. The Bertz CT molecular complexity index is 499. The standard InChI is InChI=1S/C14H19N3O2/c1-17-12-4-2-10(9-13(18)16-7-6-15)8-11(12)3-5-14(17)19/h2,4,8H,3,5-7,9,15H2,1H3,(H,16,18). The van der Waals surface area contributed by atoms with Gasteiger partial charge in [-0.1, -0.05) is 12.1 Å². The van der Waals surface area contributed by atoms with Gasteiger partial charge in [0, 0.05) is 32.2 Å². The molecule has 1 aromatic rings. The van der Waals surface area contributed by atoms with Gasteiger partial charge in [-0.05, 0) is 23.6 Å². The maximum absolute atomic E-state index is 11.6. The minimum absolute atomic E-state index is 0.0226. The van der Waals surface area contributed by atoms with Gasteiger partial charge in [0.25, 0.3) is 0 Å². The highest BCUT2D eigenvalue weighted by Gasteiger charge is 2.20. The molecule has 0 atom stereocenters. The molecular weight excluding hydrogens is 242 g/mol. The van der Waals surface area contributed by atoms with E-state index in [2.05, 4.69) is 5.32 Å². The normalized spacial score (nSPS) is 14.2. The van der Waals surface area contributed by atoms with E-state index in [4.69, 9.17) is 5.73 Å². The van der Waals surface area contributed by atoms with Gasteiger partial charge in [0.05, 0.1) is 6.42 Å². The molecule has 0 bridgehead atoms. The summed E-state index contributed by atoms with van der Waals surface area (Å²) in [5.41, 5.74) is 8.38. The Kier molecular flexibility index (Phi) is 4.16. The molecule has 1 heterocycles. The van der Waals surface area contributed by atoms with Crippen LogP contribution in [-0.4, -0.2) is 32.0 Å². The third kappa shape index (κ3) is 3.12. The number of nitrogens with two attached hydrogens (primary N) is 1. The highest BCUT2D eigenvalue weighted by Crippen LogP contribution is 2.27. The van der Waals surface area contributed by atoms with Gasteiger partial charge in [-0.25, -0.2) is 0 Å². The van der Waals surface area contributed by atoms with E-state index in [1.807, 2.05) is 18.2 Å². The minimum atomic E-state index is -0.0226. The molecule has 0 fully saturated rings. The molecule has 2 amide bonds. The van der Waals surface area contributed by atoms with Crippen LogP contribution >= 0.6 is 0 Å².